The minimum Gasteiger partial charge on any atom is -0.490 e. The van der Waals surface area contributed by atoms with Gasteiger partial charge in [0, 0.05) is 49.8 Å². The van der Waals surface area contributed by atoms with Crippen molar-refractivity contribution in [2.45, 2.75) is 12.5 Å². The van der Waals surface area contributed by atoms with Crippen LogP contribution in [-0.2, 0) is 4.79 Å². The van der Waals surface area contributed by atoms with Gasteiger partial charge in [0.25, 0.3) is 0 Å². The molecule has 0 bridgehead atoms. The number of benzene rings is 1. The lowest BCUT2D eigenvalue weighted by molar-refractivity contribution is -0.138. The van der Waals surface area contributed by atoms with E-state index < -0.39 is 12.1 Å². The smallest absolute Gasteiger partial charge is 0.307 e. The van der Waals surface area contributed by atoms with Crippen molar-refractivity contribution in [3.63, 3.8) is 0 Å². The van der Waals surface area contributed by atoms with Gasteiger partial charge in [-0.1, -0.05) is 0 Å². The Morgan fingerprint density at radius 2 is 1.85 bits per heavy atom. The number of carbonyl (C=O) groups is 1. The number of aliphatic carboxylic acids is 1. The Kier molecular flexibility index (Phi) is 5.46. The minimum absolute atomic E-state index is 0.141. The molecule has 1 unspecified atom stereocenters. The Bertz CT molecular complexity index is 743. The second-order valence-electron chi connectivity index (χ2n) is 6.25. The maximum atomic E-state index is 10.7. The van der Waals surface area contributed by atoms with Crippen molar-refractivity contribution in [2.24, 2.45) is 0 Å². The zero-order valence-electron chi connectivity index (χ0n) is 14.5. The number of ether oxygens (including phenoxy) is 1. The molecule has 7 nitrogen and oxygen atoms in total. The molecule has 0 spiro atoms. The van der Waals surface area contributed by atoms with E-state index in [-0.39, 0.29) is 6.42 Å². The number of pyridine rings is 1. The standard InChI is InChI=1S/C19H23N4O3/c1-14(12-19(24)25)26-17-6-7-21-18(13-17)23-10-8-22(9-11-23)16-4-2-15(20)3-5-16/h2-7,13-14H,1,8-12,20H2,(H,24,25). The molecule has 1 radical (unpaired) electrons. The Labute approximate surface area is 153 Å². The highest BCUT2D eigenvalue weighted by Crippen LogP contribution is 2.23. The Hall–Kier alpha value is -2.96. The average Bonchev–Trinajstić information content (AvgIpc) is 2.62. The molecule has 0 amide bonds. The van der Waals surface area contributed by atoms with Gasteiger partial charge < -0.3 is 25.4 Å². The van der Waals surface area contributed by atoms with E-state index in [4.69, 9.17) is 15.6 Å². The first kappa shape index (κ1) is 17.8. The number of rotatable bonds is 6. The van der Waals surface area contributed by atoms with Gasteiger partial charge in [-0.15, -0.1) is 0 Å². The number of carboxylic acid groups (broad SMARTS) is 1. The highest BCUT2D eigenvalue weighted by Gasteiger charge is 2.19. The second kappa shape index (κ2) is 7.95. The number of nitrogen functional groups attached to an aromatic ring is 1. The van der Waals surface area contributed by atoms with Crippen LogP contribution < -0.4 is 20.3 Å². The van der Waals surface area contributed by atoms with Crippen LogP contribution in [0.5, 0.6) is 5.75 Å². The molecular formula is C19H23N4O3. The van der Waals surface area contributed by atoms with Crippen LogP contribution >= 0.6 is 0 Å². The quantitative estimate of drug-likeness (QED) is 0.766. The van der Waals surface area contributed by atoms with Gasteiger partial charge in [-0.2, -0.15) is 0 Å². The maximum absolute atomic E-state index is 10.7. The second-order valence-corrected chi connectivity index (χ2v) is 6.25. The number of piperazine rings is 1. The zero-order valence-corrected chi connectivity index (χ0v) is 14.5. The molecule has 0 aliphatic carbocycles. The maximum Gasteiger partial charge on any atom is 0.307 e. The van der Waals surface area contributed by atoms with Gasteiger partial charge in [-0.05, 0) is 37.3 Å². The van der Waals surface area contributed by atoms with E-state index in [2.05, 4.69) is 21.7 Å². The van der Waals surface area contributed by atoms with Crippen LogP contribution in [0, 0.1) is 6.92 Å². The number of anilines is 3. The summed E-state index contributed by atoms with van der Waals surface area (Å²) in [7, 11) is 0. The SMILES string of the molecule is [CH2]C(CC(=O)O)Oc1ccnc(N2CCN(c3ccc(N)cc3)CC2)c1. The Balaban J connectivity index is 1.59. The van der Waals surface area contributed by atoms with Crippen LogP contribution in [0.3, 0.4) is 0 Å². The van der Waals surface area contributed by atoms with Gasteiger partial charge in [0.05, 0.1) is 6.42 Å². The molecule has 1 aliphatic heterocycles. The number of hydrogen-bond acceptors (Lipinski definition) is 6. The summed E-state index contributed by atoms with van der Waals surface area (Å²) in [5.74, 6) is 0.470. The van der Waals surface area contributed by atoms with Crippen molar-refractivity contribution in [2.75, 3.05) is 41.7 Å². The molecule has 1 aromatic carbocycles. The third-order valence-electron chi connectivity index (χ3n) is 4.28. The number of hydrogen-bond donors (Lipinski definition) is 2. The monoisotopic (exact) mass is 355 g/mol. The summed E-state index contributed by atoms with van der Waals surface area (Å²) in [6.07, 6.45) is 0.896. The highest BCUT2D eigenvalue weighted by molar-refractivity contribution is 5.67. The molecule has 1 aliphatic rings. The average molecular weight is 355 g/mol. The Morgan fingerprint density at radius 3 is 2.50 bits per heavy atom. The highest BCUT2D eigenvalue weighted by atomic mass is 16.5. The molecule has 3 N–H and O–H groups in total. The van der Waals surface area contributed by atoms with Crippen LogP contribution in [-0.4, -0.2) is 48.3 Å². The van der Waals surface area contributed by atoms with E-state index in [0.717, 1.165) is 43.4 Å². The predicted molar refractivity (Wildman–Crippen MR) is 102 cm³/mol. The fourth-order valence-electron chi connectivity index (χ4n) is 2.95. The normalized spacial score (nSPS) is 15.6. The molecule has 1 fully saturated rings. The molecule has 26 heavy (non-hydrogen) atoms. The van der Waals surface area contributed by atoms with Gasteiger partial charge in [0.15, 0.2) is 0 Å². The summed E-state index contributed by atoms with van der Waals surface area (Å²) in [6.45, 7) is 7.15. The molecule has 1 aromatic heterocycles. The molecule has 1 atom stereocenters. The topological polar surface area (TPSA) is 91.9 Å². The molecule has 2 heterocycles. The fraction of sp³-hybridized carbons (Fsp3) is 0.316. The number of aromatic nitrogens is 1. The molecule has 7 heteroatoms. The van der Waals surface area contributed by atoms with Gasteiger partial charge in [-0.25, -0.2) is 4.98 Å². The molecule has 3 rings (SSSR count). The minimum atomic E-state index is -0.932. The summed E-state index contributed by atoms with van der Waals surface area (Å²) < 4.78 is 5.58. The van der Waals surface area contributed by atoms with E-state index >= 15 is 0 Å². The van der Waals surface area contributed by atoms with Gasteiger partial charge in [-0.3, -0.25) is 4.79 Å². The van der Waals surface area contributed by atoms with Crippen LogP contribution in [0.15, 0.2) is 42.6 Å². The first-order valence-electron chi connectivity index (χ1n) is 8.54. The first-order valence-corrected chi connectivity index (χ1v) is 8.54. The summed E-state index contributed by atoms with van der Waals surface area (Å²) >= 11 is 0. The third kappa shape index (κ3) is 4.56. The van der Waals surface area contributed by atoms with Gasteiger partial charge in [0.1, 0.15) is 17.7 Å². The van der Waals surface area contributed by atoms with Crippen LogP contribution in [0.25, 0.3) is 0 Å². The van der Waals surface area contributed by atoms with Crippen molar-refractivity contribution in [3.8, 4) is 5.75 Å². The predicted octanol–water partition coefficient (Wildman–Crippen LogP) is 2.05. The van der Waals surface area contributed by atoms with Crippen LogP contribution in [0.4, 0.5) is 17.2 Å². The van der Waals surface area contributed by atoms with E-state index in [9.17, 15) is 4.79 Å². The van der Waals surface area contributed by atoms with Crippen molar-refractivity contribution in [1.29, 1.82) is 0 Å². The molecule has 1 saturated heterocycles. The molecule has 0 saturated carbocycles. The van der Waals surface area contributed by atoms with Crippen LogP contribution in [0.1, 0.15) is 6.42 Å². The van der Waals surface area contributed by atoms with E-state index in [1.807, 2.05) is 30.3 Å². The van der Waals surface area contributed by atoms with Crippen molar-refractivity contribution >= 4 is 23.2 Å². The first-order chi connectivity index (χ1) is 12.5. The molecular weight excluding hydrogens is 332 g/mol. The van der Waals surface area contributed by atoms with Gasteiger partial charge in [0.2, 0.25) is 0 Å². The Morgan fingerprint density at radius 1 is 1.19 bits per heavy atom. The molecule has 137 valence electrons. The number of nitrogens with two attached hydrogens (primary N) is 1. The largest absolute Gasteiger partial charge is 0.490 e. The van der Waals surface area contributed by atoms with E-state index in [0.29, 0.717) is 5.75 Å². The van der Waals surface area contributed by atoms with E-state index in [1.54, 1.807) is 12.3 Å². The lowest BCUT2D eigenvalue weighted by Crippen LogP contribution is -2.46. The summed E-state index contributed by atoms with van der Waals surface area (Å²) in [6, 6.07) is 11.4. The summed E-state index contributed by atoms with van der Waals surface area (Å²) in [5, 5.41) is 8.80. The van der Waals surface area contributed by atoms with Crippen molar-refractivity contribution in [1.82, 2.24) is 4.98 Å². The lowest BCUT2D eigenvalue weighted by Gasteiger charge is -2.36. The van der Waals surface area contributed by atoms with E-state index in [1.165, 1.54) is 0 Å². The van der Waals surface area contributed by atoms with Gasteiger partial charge >= 0.3 is 5.97 Å². The van der Waals surface area contributed by atoms with Crippen molar-refractivity contribution in [3.05, 3.63) is 49.5 Å². The third-order valence-corrected chi connectivity index (χ3v) is 4.28. The summed E-state index contributed by atoms with van der Waals surface area (Å²) in [4.78, 5) is 19.6. The summed E-state index contributed by atoms with van der Waals surface area (Å²) in [5.41, 5.74) is 7.67. The zero-order chi connectivity index (χ0) is 18.5. The molecule has 2 aromatic rings. The fourth-order valence-corrected chi connectivity index (χ4v) is 2.95. The van der Waals surface area contributed by atoms with Crippen LogP contribution in [0.2, 0.25) is 0 Å². The number of nitrogens with zero attached hydrogens (tertiary/aromatic N) is 3. The lowest BCUT2D eigenvalue weighted by atomic mass is 10.2. The number of carboxylic acids is 1. The van der Waals surface area contributed by atoms with Crippen molar-refractivity contribution < 1.29 is 14.6 Å².